The van der Waals surface area contributed by atoms with E-state index >= 15 is 0 Å². The van der Waals surface area contributed by atoms with E-state index in [2.05, 4.69) is 0 Å². The molecule has 0 spiro atoms. The van der Waals surface area contributed by atoms with E-state index in [9.17, 15) is 4.79 Å². The van der Waals surface area contributed by atoms with Crippen molar-refractivity contribution in [2.75, 3.05) is 26.9 Å². The second-order valence-corrected chi connectivity index (χ2v) is 3.49. The number of carbonyl (C=O) groups excluding carboxylic acids is 1. The van der Waals surface area contributed by atoms with E-state index in [1.54, 1.807) is 21.0 Å². The normalized spacial score (nSPS) is 11.4. The molecule has 0 aromatic carbocycles. The highest BCUT2D eigenvalue weighted by Crippen LogP contribution is 2.21. The van der Waals surface area contributed by atoms with Crippen molar-refractivity contribution in [2.24, 2.45) is 5.41 Å². The first kappa shape index (κ1) is 12.4. The third-order valence-electron chi connectivity index (χ3n) is 1.81. The minimum atomic E-state index is -0.537. The van der Waals surface area contributed by atoms with Crippen LogP contribution in [-0.4, -0.2) is 38.0 Å². The zero-order valence-electron chi connectivity index (χ0n) is 8.50. The molecule has 0 aromatic heterocycles. The molecule has 4 heteroatoms. The highest BCUT2D eigenvalue weighted by Gasteiger charge is 2.28. The first-order chi connectivity index (χ1) is 6.04. The van der Waals surface area contributed by atoms with Crippen LogP contribution in [0, 0.1) is 5.41 Å². The van der Waals surface area contributed by atoms with Crippen LogP contribution in [0.4, 0.5) is 0 Å². The fourth-order valence-corrected chi connectivity index (χ4v) is 0.793. The summed E-state index contributed by atoms with van der Waals surface area (Å²) >= 11 is 0. The van der Waals surface area contributed by atoms with Gasteiger partial charge >= 0.3 is 5.97 Å². The van der Waals surface area contributed by atoms with E-state index in [1.807, 2.05) is 0 Å². The molecule has 0 aromatic rings. The molecule has 0 amide bonds. The van der Waals surface area contributed by atoms with Crippen molar-refractivity contribution in [3.8, 4) is 0 Å². The third kappa shape index (κ3) is 4.85. The lowest BCUT2D eigenvalue weighted by Crippen LogP contribution is -2.28. The second-order valence-electron chi connectivity index (χ2n) is 3.49. The van der Waals surface area contributed by atoms with Crippen molar-refractivity contribution in [3.63, 3.8) is 0 Å². The van der Waals surface area contributed by atoms with Gasteiger partial charge in [0.2, 0.25) is 0 Å². The molecule has 0 aliphatic carbocycles. The van der Waals surface area contributed by atoms with Gasteiger partial charge in [-0.2, -0.15) is 0 Å². The molecule has 0 radical (unpaired) electrons. The molecule has 0 aliphatic heterocycles. The molecule has 1 N–H and O–H groups in total. The van der Waals surface area contributed by atoms with Gasteiger partial charge in [-0.3, -0.25) is 4.79 Å². The number of ether oxygens (including phenoxy) is 2. The van der Waals surface area contributed by atoms with Gasteiger partial charge in [-0.15, -0.1) is 0 Å². The van der Waals surface area contributed by atoms with Gasteiger partial charge in [0.05, 0.1) is 12.0 Å². The molecule has 0 saturated heterocycles. The third-order valence-corrected chi connectivity index (χ3v) is 1.81. The van der Waals surface area contributed by atoms with Crippen molar-refractivity contribution in [2.45, 2.75) is 20.3 Å². The van der Waals surface area contributed by atoms with E-state index in [0.717, 1.165) is 0 Å². The van der Waals surface area contributed by atoms with Crippen LogP contribution in [0.3, 0.4) is 0 Å². The van der Waals surface area contributed by atoms with E-state index in [0.29, 0.717) is 13.0 Å². The number of hydrogen-bond donors (Lipinski definition) is 1. The number of aliphatic hydroxyl groups excluding tert-OH is 1. The van der Waals surface area contributed by atoms with Gasteiger partial charge in [-0.1, -0.05) is 0 Å². The van der Waals surface area contributed by atoms with Gasteiger partial charge in [-0.25, -0.2) is 0 Å². The number of carbonyl (C=O) groups is 1. The second kappa shape index (κ2) is 5.94. The maximum Gasteiger partial charge on any atom is 0.311 e. The van der Waals surface area contributed by atoms with Crippen molar-refractivity contribution < 1.29 is 19.4 Å². The van der Waals surface area contributed by atoms with Crippen LogP contribution in [0.1, 0.15) is 20.3 Å². The molecule has 0 rings (SSSR count). The largest absolute Gasteiger partial charge is 0.463 e. The summed E-state index contributed by atoms with van der Waals surface area (Å²) in [6, 6.07) is 0. The Kier molecular flexibility index (Phi) is 5.66. The summed E-state index contributed by atoms with van der Waals surface area (Å²) in [5, 5.41) is 8.46. The highest BCUT2D eigenvalue weighted by molar-refractivity contribution is 5.75. The van der Waals surface area contributed by atoms with E-state index in [1.165, 1.54) is 0 Å². The fraction of sp³-hybridized carbons (Fsp3) is 0.889. The van der Waals surface area contributed by atoms with Gasteiger partial charge in [0.15, 0.2) is 0 Å². The summed E-state index contributed by atoms with van der Waals surface area (Å²) in [5.41, 5.74) is -0.537. The number of methoxy groups -OCH3 is 1. The Bertz CT molecular complexity index is 154. The minimum absolute atomic E-state index is 0.0647. The molecule has 0 unspecified atom stereocenters. The van der Waals surface area contributed by atoms with Crippen molar-refractivity contribution in [3.05, 3.63) is 0 Å². The zero-order valence-corrected chi connectivity index (χ0v) is 8.50. The molecule has 0 heterocycles. The number of hydrogen-bond acceptors (Lipinski definition) is 4. The van der Waals surface area contributed by atoms with Gasteiger partial charge in [-0.05, 0) is 20.3 Å². The Labute approximate surface area is 78.8 Å². The summed E-state index contributed by atoms with van der Waals surface area (Å²) in [7, 11) is 1.59. The molecule has 4 nitrogen and oxygen atoms in total. The van der Waals surface area contributed by atoms with Gasteiger partial charge in [0.1, 0.15) is 6.61 Å². The Morgan fingerprint density at radius 3 is 2.46 bits per heavy atom. The summed E-state index contributed by atoms with van der Waals surface area (Å²) in [6.45, 7) is 4.06. The zero-order chi connectivity index (χ0) is 10.3. The van der Waals surface area contributed by atoms with Crippen LogP contribution in [0.15, 0.2) is 0 Å². The molecule has 0 atom stereocenters. The van der Waals surface area contributed by atoms with E-state index < -0.39 is 5.41 Å². The minimum Gasteiger partial charge on any atom is -0.463 e. The van der Waals surface area contributed by atoms with Crippen LogP contribution in [0.5, 0.6) is 0 Å². The highest BCUT2D eigenvalue weighted by atomic mass is 16.5. The van der Waals surface area contributed by atoms with Gasteiger partial charge in [0, 0.05) is 13.7 Å². The average molecular weight is 190 g/mol. The maximum absolute atomic E-state index is 11.3. The molecular formula is C9H18O4. The standard InChI is InChI=1S/C9H18O4/c1-9(2,4-6-12-3)8(11)13-7-5-10/h10H,4-7H2,1-3H3. The lowest BCUT2D eigenvalue weighted by atomic mass is 9.90. The van der Waals surface area contributed by atoms with Crippen LogP contribution in [0.25, 0.3) is 0 Å². The van der Waals surface area contributed by atoms with Crippen molar-refractivity contribution >= 4 is 5.97 Å². The predicted octanol–water partition coefficient (Wildman–Crippen LogP) is 0.585. The first-order valence-corrected chi connectivity index (χ1v) is 4.31. The molecular weight excluding hydrogens is 172 g/mol. The van der Waals surface area contributed by atoms with Crippen molar-refractivity contribution in [1.29, 1.82) is 0 Å². The Morgan fingerprint density at radius 2 is 2.00 bits per heavy atom. The molecule has 0 saturated carbocycles. The van der Waals surface area contributed by atoms with Crippen LogP contribution in [0.2, 0.25) is 0 Å². The van der Waals surface area contributed by atoms with Crippen LogP contribution < -0.4 is 0 Å². The fourth-order valence-electron chi connectivity index (χ4n) is 0.793. The Hall–Kier alpha value is -0.610. The number of esters is 1. The summed E-state index contributed by atoms with van der Waals surface area (Å²) in [6.07, 6.45) is 0.619. The van der Waals surface area contributed by atoms with Gasteiger partial charge in [0.25, 0.3) is 0 Å². The Morgan fingerprint density at radius 1 is 1.38 bits per heavy atom. The van der Waals surface area contributed by atoms with Crippen LogP contribution >= 0.6 is 0 Å². The maximum atomic E-state index is 11.3. The van der Waals surface area contributed by atoms with E-state index in [4.69, 9.17) is 14.6 Å². The number of rotatable bonds is 6. The quantitative estimate of drug-likeness (QED) is 0.623. The number of aliphatic hydroxyl groups is 1. The summed E-state index contributed by atoms with van der Waals surface area (Å²) in [4.78, 5) is 11.3. The van der Waals surface area contributed by atoms with Crippen LogP contribution in [-0.2, 0) is 14.3 Å². The lowest BCUT2D eigenvalue weighted by molar-refractivity contribution is -0.155. The first-order valence-electron chi connectivity index (χ1n) is 4.31. The van der Waals surface area contributed by atoms with Gasteiger partial charge < -0.3 is 14.6 Å². The van der Waals surface area contributed by atoms with E-state index in [-0.39, 0.29) is 19.2 Å². The molecule has 78 valence electrons. The molecule has 0 bridgehead atoms. The lowest BCUT2D eigenvalue weighted by Gasteiger charge is -2.21. The molecule has 0 fully saturated rings. The summed E-state index contributed by atoms with van der Waals surface area (Å²) in [5.74, 6) is -0.293. The monoisotopic (exact) mass is 190 g/mol. The van der Waals surface area contributed by atoms with Crippen molar-refractivity contribution in [1.82, 2.24) is 0 Å². The topological polar surface area (TPSA) is 55.8 Å². The smallest absolute Gasteiger partial charge is 0.311 e. The SMILES string of the molecule is COCCC(C)(C)C(=O)OCCO. The molecule has 13 heavy (non-hydrogen) atoms. The average Bonchev–Trinajstić information content (AvgIpc) is 2.10. The Balaban J connectivity index is 3.87. The summed E-state index contributed by atoms with van der Waals surface area (Å²) < 4.78 is 9.68. The predicted molar refractivity (Wildman–Crippen MR) is 48.3 cm³/mol. The molecule has 0 aliphatic rings.